The number of hydrogen-bond acceptors (Lipinski definition) is 2. The molecule has 2 nitrogen and oxygen atoms in total. The number of rotatable bonds is 6. The van der Waals surface area contributed by atoms with Crippen molar-refractivity contribution in [1.82, 2.24) is 0 Å². The van der Waals surface area contributed by atoms with Crippen LogP contribution in [0.1, 0.15) is 76.7 Å². The summed E-state index contributed by atoms with van der Waals surface area (Å²) in [4.78, 5) is 13.2. The van der Waals surface area contributed by atoms with E-state index >= 15 is 0 Å². The first-order chi connectivity index (χ1) is 29.6. The summed E-state index contributed by atoms with van der Waals surface area (Å²) < 4.78 is 5.46. The van der Waals surface area contributed by atoms with E-state index in [0.717, 1.165) is 137 Å². The lowest BCUT2D eigenvalue weighted by Gasteiger charge is -2.77. The minimum absolute atomic E-state index is 0.0437. The van der Waals surface area contributed by atoms with Crippen molar-refractivity contribution in [1.29, 1.82) is 0 Å². The zero-order valence-corrected chi connectivity index (χ0v) is 36.1. The number of benzene rings is 1. The molecule has 0 spiro atoms. The lowest BCUT2D eigenvalue weighted by molar-refractivity contribution is -0.296. The Morgan fingerprint density at radius 3 is 1.65 bits per heavy atom. The molecule has 20 aliphatic rings. The van der Waals surface area contributed by atoms with Gasteiger partial charge in [0.15, 0.2) is 0 Å². The van der Waals surface area contributed by atoms with Crippen LogP contribution in [0.2, 0.25) is 0 Å². The molecule has 0 bridgehead atoms. The molecule has 312 valence electrons. The Morgan fingerprint density at radius 2 is 0.950 bits per heavy atom. The van der Waals surface area contributed by atoms with Gasteiger partial charge in [0, 0.05) is 6.42 Å². The normalized spacial score (nSPS) is 76.3. The Kier molecular flexibility index (Phi) is 4.72. The van der Waals surface area contributed by atoms with E-state index in [1.165, 1.54) is 95.2 Å². The zero-order valence-electron chi connectivity index (χ0n) is 36.1. The molecule has 21 rings (SSSR count). The van der Waals surface area contributed by atoms with E-state index in [0.29, 0.717) is 11.8 Å². The summed E-state index contributed by atoms with van der Waals surface area (Å²) in [5, 5.41) is 0. The molecule has 0 N–H and O–H groups in total. The van der Waals surface area contributed by atoms with Gasteiger partial charge in [-0.05, 0) is 293 Å². The minimum Gasteiger partial charge on any atom is -0.469 e. The van der Waals surface area contributed by atoms with Crippen molar-refractivity contribution in [3.05, 3.63) is 35.9 Å². The molecule has 1 aromatic carbocycles. The van der Waals surface area contributed by atoms with Gasteiger partial charge in [0.05, 0.1) is 7.11 Å². The van der Waals surface area contributed by atoms with Gasteiger partial charge in [0.2, 0.25) is 0 Å². The quantitative estimate of drug-likeness (QED) is 0.268. The average molecular weight is 797 g/mol. The largest absolute Gasteiger partial charge is 0.469 e. The molecule has 39 unspecified atom stereocenters. The highest BCUT2D eigenvalue weighted by atomic mass is 16.5. The third-order valence-corrected chi connectivity index (χ3v) is 31.2. The Hall–Kier alpha value is -1.31. The van der Waals surface area contributed by atoms with E-state index < -0.39 is 0 Å². The van der Waals surface area contributed by atoms with E-state index in [1.807, 2.05) is 0 Å². The highest BCUT2D eigenvalue weighted by Gasteiger charge is 2.96. The van der Waals surface area contributed by atoms with Gasteiger partial charge >= 0.3 is 5.97 Å². The first kappa shape index (κ1) is 31.5. The van der Waals surface area contributed by atoms with E-state index in [4.69, 9.17) is 4.74 Å². The summed E-state index contributed by atoms with van der Waals surface area (Å²) in [6.07, 6.45) is 14.6. The Bertz CT molecular complexity index is 2290. The van der Waals surface area contributed by atoms with Crippen molar-refractivity contribution in [3.8, 4) is 0 Å². The lowest BCUT2D eigenvalue weighted by atomic mass is 9.28. The summed E-state index contributed by atoms with van der Waals surface area (Å²) in [5.74, 6) is 41.9. The van der Waals surface area contributed by atoms with Gasteiger partial charge in [-0.2, -0.15) is 0 Å². The van der Waals surface area contributed by atoms with Crippen LogP contribution in [0.25, 0.3) is 0 Å². The number of esters is 1. The van der Waals surface area contributed by atoms with Crippen LogP contribution in [0.4, 0.5) is 0 Å². The van der Waals surface area contributed by atoms with Crippen LogP contribution < -0.4 is 0 Å². The number of ether oxygens (including phenoxy) is 1. The molecule has 1 aromatic rings. The monoisotopic (exact) mass is 797 g/mol. The fourth-order valence-corrected chi connectivity index (χ4v) is 33.3. The molecule has 39 atom stereocenters. The van der Waals surface area contributed by atoms with Crippen molar-refractivity contribution in [2.24, 2.45) is 224 Å². The number of carbonyl (C=O) groups excluding carboxylic acids is 1. The van der Waals surface area contributed by atoms with Crippen molar-refractivity contribution in [2.75, 3.05) is 7.11 Å². The highest BCUT2D eigenvalue weighted by Crippen LogP contribution is 2.99. The van der Waals surface area contributed by atoms with Crippen LogP contribution in [0.3, 0.4) is 0 Å². The third kappa shape index (κ3) is 2.47. The number of hydrogen-bond donors (Lipinski definition) is 0. The molecular formula is C58H68O2. The van der Waals surface area contributed by atoms with Gasteiger partial charge in [-0.3, -0.25) is 4.79 Å². The highest BCUT2D eigenvalue weighted by molar-refractivity contribution is 5.69. The molecule has 0 amide bonds. The molecule has 0 radical (unpaired) electrons. The molecule has 0 aromatic heterocycles. The standard InChI is InChI=1S/C58H68O2/c1-57(14-6-9-28(59)60-2,19-7-4-3-5-8-19)58-54-21-11-10-20-25-17-26-24-15-18-16-27-34-30-23-13-12-22(21)55(58)37(23)44-43(30)47-41(34)35(27)39-29(18)38-31(24)32(26)40-33(25)42(36(20)54)52-50-48(40)45(38)46(39)49(47)51(50)53(44)56(52)58/h3-5,7-8,18,20-27,29-56H,6,9-17H2,1-2H3. The van der Waals surface area contributed by atoms with Crippen LogP contribution in [0.5, 0.6) is 0 Å². The molecular weight excluding hydrogens is 729 g/mol. The lowest BCUT2D eigenvalue weighted by Crippen LogP contribution is -2.73. The van der Waals surface area contributed by atoms with E-state index in [1.54, 1.807) is 57.6 Å². The van der Waals surface area contributed by atoms with Crippen molar-refractivity contribution in [2.45, 2.75) is 76.5 Å². The van der Waals surface area contributed by atoms with Crippen molar-refractivity contribution < 1.29 is 9.53 Å². The van der Waals surface area contributed by atoms with Gasteiger partial charge < -0.3 is 4.74 Å². The van der Waals surface area contributed by atoms with Gasteiger partial charge in [-0.1, -0.05) is 37.3 Å². The van der Waals surface area contributed by atoms with Gasteiger partial charge in [-0.25, -0.2) is 0 Å². The molecule has 60 heavy (non-hydrogen) atoms. The number of fused-ring (bicyclic) bond motifs is 6. The molecule has 2 heteroatoms. The molecule has 0 aliphatic heterocycles. The zero-order chi connectivity index (χ0) is 37.8. The Morgan fingerprint density at radius 1 is 0.500 bits per heavy atom. The van der Waals surface area contributed by atoms with E-state index in [9.17, 15) is 4.79 Å². The van der Waals surface area contributed by atoms with Crippen LogP contribution >= 0.6 is 0 Å². The molecule has 0 saturated heterocycles. The summed E-state index contributed by atoms with van der Waals surface area (Å²) in [7, 11) is 1.65. The fraction of sp³-hybridized carbons (Fsp3) is 0.879. The SMILES string of the molecule is COC(=O)CCCC(C)(c1ccccc1)C12C3C4CCC5C6CC7C8CC9CC%10C%11C%12C%13CCC4C1C%13C1C%12C4C%11C%10C%10C9C9C8C7C7C6C(C53)C3C5C7C9C%10C4C5C1C32. The number of carbonyl (C=O) groups is 1. The smallest absolute Gasteiger partial charge is 0.305 e. The Labute approximate surface area is 358 Å². The maximum absolute atomic E-state index is 13.2. The van der Waals surface area contributed by atoms with Crippen LogP contribution in [-0.4, -0.2) is 13.1 Å². The van der Waals surface area contributed by atoms with Crippen LogP contribution in [0.15, 0.2) is 30.3 Å². The second-order valence-electron chi connectivity index (χ2n) is 29.0. The predicted octanol–water partition coefficient (Wildman–Crippen LogP) is 10.1. The summed E-state index contributed by atoms with van der Waals surface area (Å²) in [6.45, 7) is 2.97. The predicted molar refractivity (Wildman–Crippen MR) is 224 cm³/mol. The number of methoxy groups -OCH3 is 1. The summed E-state index contributed by atoms with van der Waals surface area (Å²) in [6, 6.07) is 12.6. The summed E-state index contributed by atoms with van der Waals surface area (Å²) in [5.41, 5.74) is 2.32. The average Bonchev–Trinajstić information content (AvgIpc) is 4.09. The van der Waals surface area contributed by atoms with Gasteiger partial charge in [-0.15, -0.1) is 0 Å². The molecule has 20 saturated carbocycles. The first-order valence-corrected chi connectivity index (χ1v) is 27.7. The van der Waals surface area contributed by atoms with E-state index in [2.05, 4.69) is 37.3 Å². The summed E-state index contributed by atoms with van der Waals surface area (Å²) >= 11 is 0. The minimum atomic E-state index is 0.0437. The molecule has 20 aliphatic carbocycles. The fourth-order valence-electron chi connectivity index (χ4n) is 33.3. The van der Waals surface area contributed by atoms with Crippen molar-refractivity contribution >= 4 is 5.97 Å². The van der Waals surface area contributed by atoms with Crippen LogP contribution in [-0.2, 0) is 14.9 Å². The molecule has 0 heterocycles. The second-order valence-corrected chi connectivity index (χ2v) is 29.0. The van der Waals surface area contributed by atoms with Gasteiger partial charge in [0.1, 0.15) is 0 Å². The first-order valence-electron chi connectivity index (χ1n) is 27.7. The van der Waals surface area contributed by atoms with Gasteiger partial charge in [0.25, 0.3) is 0 Å². The van der Waals surface area contributed by atoms with Crippen molar-refractivity contribution in [3.63, 3.8) is 0 Å². The maximum atomic E-state index is 13.2. The van der Waals surface area contributed by atoms with Crippen LogP contribution in [0, 0.1) is 224 Å². The molecule has 20 fully saturated rings. The topological polar surface area (TPSA) is 26.3 Å². The maximum Gasteiger partial charge on any atom is 0.305 e. The Balaban J connectivity index is 0.912. The van der Waals surface area contributed by atoms with E-state index in [-0.39, 0.29) is 11.4 Å². The third-order valence-electron chi connectivity index (χ3n) is 31.2. The second kappa shape index (κ2) is 8.98.